The predicted molar refractivity (Wildman–Crippen MR) is 98.7 cm³/mol. The monoisotopic (exact) mass is 317 g/mol. The lowest BCUT2D eigenvalue weighted by Crippen LogP contribution is -2.31. The van der Waals surface area contributed by atoms with Crippen LogP contribution in [0.3, 0.4) is 0 Å². The number of aryl methyl sites for hydroxylation is 1. The van der Waals surface area contributed by atoms with E-state index in [0.29, 0.717) is 12.6 Å². The number of rotatable bonds is 11. The molecular weight excluding hydrogens is 282 g/mol. The number of likely N-dealkylation sites (tertiary alicyclic amines) is 1. The highest BCUT2D eigenvalue weighted by atomic mass is 16.3. The Morgan fingerprint density at radius 3 is 2.30 bits per heavy atom. The van der Waals surface area contributed by atoms with Gasteiger partial charge in [0.1, 0.15) is 0 Å². The highest BCUT2D eigenvalue weighted by Crippen LogP contribution is 2.20. The Morgan fingerprint density at radius 2 is 1.61 bits per heavy atom. The van der Waals surface area contributed by atoms with Gasteiger partial charge in [0.15, 0.2) is 0 Å². The van der Waals surface area contributed by atoms with Gasteiger partial charge in [-0.15, -0.1) is 0 Å². The second kappa shape index (κ2) is 10.8. The van der Waals surface area contributed by atoms with Crippen molar-refractivity contribution in [2.24, 2.45) is 0 Å². The zero-order valence-corrected chi connectivity index (χ0v) is 15.0. The topological polar surface area (TPSA) is 23.5 Å². The SMILES string of the molecule is CCCCCCCCCc1ccc(CN2CCC[C@@H]2CO)cc1. The molecule has 23 heavy (non-hydrogen) atoms. The van der Waals surface area contributed by atoms with Crippen LogP contribution in [0.25, 0.3) is 0 Å². The lowest BCUT2D eigenvalue weighted by atomic mass is 10.0. The minimum atomic E-state index is 0.302. The van der Waals surface area contributed by atoms with E-state index in [-0.39, 0.29) is 0 Å². The highest BCUT2D eigenvalue weighted by Gasteiger charge is 2.23. The van der Waals surface area contributed by atoms with E-state index in [1.54, 1.807) is 0 Å². The van der Waals surface area contributed by atoms with Gasteiger partial charge >= 0.3 is 0 Å². The van der Waals surface area contributed by atoms with E-state index in [1.807, 2.05) is 0 Å². The second-order valence-electron chi connectivity index (χ2n) is 7.14. The molecule has 0 amide bonds. The maximum atomic E-state index is 9.41. The first-order chi connectivity index (χ1) is 11.3. The van der Waals surface area contributed by atoms with Gasteiger partial charge in [-0.3, -0.25) is 4.90 Å². The predicted octanol–water partition coefficient (Wildman–Crippen LogP) is 4.94. The van der Waals surface area contributed by atoms with Crippen LogP contribution in [0, 0.1) is 0 Å². The molecule has 0 aromatic heterocycles. The van der Waals surface area contributed by atoms with Gasteiger partial charge in [0.05, 0.1) is 6.61 Å². The van der Waals surface area contributed by atoms with Crippen LogP contribution >= 0.6 is 0 Å². The van der Waals surface area contributed by atoms with Gasteiger partial charge in [0.2, 0.25) is 0 Å². The van der Waals surface area contributed by atoms with Crippen LogP contribution in [-0.2, 0) is 13.0 Å². The molecule has 1 atom stereocenters. The third-order valence-corrected chi connectivity index (χ3v) is 5.19. The quantitative estimate of drug-likeness (QED) is 0.585. The molecule has 0 saturated carbocycles. The van der Waals surface area contributed by atoms with Gasteiger partial charge in [-0.2, -0.15) is 0 Å². The largest absolute Gasteiger partial charge is 0.395 e. The smallest absolute Gasteiger partial charge is 0.0587 e. The third-order valence-electron chi connectivity index (χ3n) is 5.19. The molecule has 130 valence electrons. The van der Waals surface area contributed by atoms with Crippen LogP contribution in [-0.4, -0.2) is 29.2 Å². The first kappa shape index (κ1) is 18.5. The summed E-state index contributed by atoms with van der Waals surface area (Å²) in [6.07, 6.45) is 13.2. The molecule has 1 aromatic rings. The Hall–Kier alpha value is -0.860. The van der Waals surface area contributed by atoms with E-state index in [9.17, 15) is 5.11 Å². The molecule has 2 nitrogen and oxygen atoms in total. The third kappa shape index (κ3) is 6.64. The Labute approximate surface area is 142 Å². The molecule has 0 radical (unpaired) electrons. The Morgan fingerprint density at radius 1 is 0.957 bits per heavy atom. The van der Waals surface area contributed by atoms with Crippen LogP contribution < -0.4 is 0 Å². The normalized spacial score (nSPS) is 18.6. The van der Waals surface area contributed by atoms with Crippen molar-refractivity contribution in [1.82, 2.24) is 4.90 Å². The standard InChI is InChI=1S/C21H35NO/c1-2-3-4-5-6-7-8-10-19-12-14-20(15-13-19)17-22-16-9-11-21(22)18-23/h12-15,21,23H,2-11,16-18H2,1H3/t21-/m1/s1. The van der Waals surface area contributed by atoms with Crippen molar-refractivity contribution < 1.29 is 5.11 Å². The Bertz CT molecular complexity index is 414. The van der Waals surface area contributed by atoms with Crippen molar-refractivity contribution in [2.45, 2.75) is 83.7 Å². The number of aliphatic hydroxyl groups excluding tert-OH is 1. The van der Waals surface area contributed by atoms with Crippen molar-refractivity contribution in [2.75, 3.05) is 13.2 Å². The number of unbranched alkanes of at least 4 members (excludes halogenated alkanes) is 6. The van der Waals surface area contributed by atoms with E-state index >= 15 is 0 Å². The summed E-state index contributed by atoms with van der Waals surface area (Å²) >= 11 is 0. The van der Waals surface area contributed by atoms with Crippen molar-refractivity contribution >= 4 is 0 Å². The summed E-state index contributed by atoms with van der Waals surface area (Å²) in [6.45, 7) is 4.70. The molecule has 1 aliphatic rings. The van der Waals surface area contributed by atoms with E-state index in [0.717, 1.165) is 19.5 Å². The molecule has 1 aromatic carbocycles. The van der Waals surface area contributed by atoms with E-state index in [1.165, 1.54) is 68.9 Å². The molecule has 1 heterocycles. The second-order valence-corrected chi connectivity index (χ2v) is 7.14. The number of hydrogen-bond donors (Lipinski definition) is 1. The Balaban J connectivity index is 1.64. The molecule has 0 spiro atoms. The van der Waals surface area contributed by atoms with Crippen LogP contribution in [0.1, 0.15) is 75.8 Å². The summed E-state index contributed by atoms with van der Waals surface area (Å²) < 4.78 is 0. The van der Waals surface area contributed by atoms with Crippen molar-refractivity contribution in [3.63, 3.8) is 0 Å². The van der Waals surface area contributed by atoms with Crippen molar-refractivity contribution in [3.8, 4) is 0 Å². The van der Waals surface area contributed by atoms with E-state index < -0.39 is 0 Å². The summed E-state index contributed by atoms with van der Waals surface area (Å²) in [5, 5.41) is 9.41. The minimum absolute atomic E-state index is 0.302. The fraction of sp³-hybridized carbons (Fsp3) is 0.714. The number of benzene rings is 1. The minimum Gasteiger partial charge on any atom is -0.395 e. The van der Waals surface area contributed by atoms with Gasteiger partial charge in [-0.05, 0) is 43.4 Å². The Kier molecular flexibility index (Phi) is 8.70. The summed E-state index contributed by atoms with van der Waals surface area (Å²) in [5.41, 5.74) is 2.86. The average Bonchev–Trinajstić information content (AvgIpc) is 3.02. The van der Waals surface area contributed by atoms with Crippen molar-refractivity contribution in [3.05, 3.63) is 35.4 Å². The maximum absolute atomic E-state index is 9.41. The van der Waals surface area contributed by atoms with Gasteiger partial charge in [-0.1, -0.05) is 69.7 Å². The molecule has 0 bridgehead atoms. The highest BCUT2D eigenvalue weighted by molar-refractivity contribution is 5.22. The van der Waals surface area contributed by atoms with Crippen LogP contribution in [0.5, 0.6) is 0 Å². The van der Waals surface area contributed by atoms with Crippen LogP contribution in [0.4, 0.5) is 0 Å². The van der Waals surface area contributed by atoms with Crippen LogP contribution in [0.15, 0.2) is 24.3 Å². The fourth-order valence-corrected chi connectivity index (χ4v) is 3.64. The molecule has 1 fully saturated rings. The molecular formula is C21H35NO. The zero-order valence-electron chi connectivity index (χ0n) is 15.0. The van der Waals surface area contributed by atoms with E-state index in [4.69, 9.17) is 0 Å². The summed E-state index contributed by atoms with van der Waals surface area (Å²) in [6, 6.07) is 9.54. The van der Waals surface area contributed by atoms with Crippen molar-refractivity contribution in [1.29, 1.82) is 0 Å². The lowest BCUT2D eigenvalue weighted by Gasteiger charge is -2.22. The molecule has 2 heteroatoms. The number of nitrogens with zero attached hydrogens (tertiary/aromatic N) is 1. The van der Waals surface area contributed by atoms with Gasteiger partial charge < -0.3 is 5.11 Å². The summed E-state index contributed by atoms with van der Waals surface area (Å²) in [5.74, 6) is 0. The summed E-state index contributed by atoms with van der Waals surface area (Å²) in [7, 11) is 0. The van der Waals surface area contributed by atoms with Gasteiger partial charge in [0.25, 0.3) is 0 Å². The van der Waals surface area contributed by atoms with Gasteiger partial charge in [0, 0.05) is 12.6 Å². The molecule has 1 saturated heterocycles. The molecule has 1 aliphatic heterocycles. The molecule has 0 aliphatic carbocycles. The zero-order chi connectivity index (χ0) is 16.3. The lowest BCUT2D eigenvalue weighted by molar-refractivity contribution is 0.153. The maximum Gasteiger partial charge on any atom is 0.0587 e. The number of hydrogen-bond acceptors (Lipinski definition) is 2. The van der Waals surface area contributed by atoms with E-state index in [2.05, 4.69) is 36.1 Å². The molecule has 0 unspecified atom stereocenters. The number of aliphatic hydroxyl groups is 1. The molecule has 1 N–H and O–H groups in total. The first-order valence-corrected chi connectivity index (χ1v) is 9.76. The average molecular weight is 318 g/mol. The first-order valence-electron chi connectivity index (χ1n) is 9.76. The molecule has 2 rings (SSSR count). The van der Waals surface area contributed by atoms with Gasteiger partial charge in [-0.25, -0.2) is 0 Å². The fourth-order valence-electron chi connectivity index (χ4n) is 3.64. The van der Waals surface area contributed by atoms with Crippen LogP contribution in [0.2, 0.25) is 0 Å². The summed E-state index contributed by atoms with van der Waals surface area (Å²) in [4.78, 5) is 2.42.